The van der Waals surface area contributed by atoms with Gasteiger partial charge in [0.05, 0.1) is 6.42 Å². The van der Waals surface area contributed by atoms with E-state index in [1.165, 1.54) is 0 Å². The van der Waals surface area contributed by atoms with Crippen LogP contribution in [0.25, 0.3) is 22.8 Å². The summed E-state index contributed by atoms with van der Waals surface area (Å²) in [6.07, 6.45) is 0.335. The normalized spacial score (nSPS) is 10.9. The van der Waals surface area contributed by atoms with Gasteiger partial charge < -0.3 is 13.8 Å². The van der Waals surface area contributed by atoms with Crippen LogP contribution in [-0.2, 0) is 22.6 Å². The number of ether oxygens (including phenoxy) is 1. The van der Waals surface area contributed by atoms with E-state index in [2.05, 4.69) is 36.2 Å². The molecule has 0 aliphatic heterocycles. The summed E-state index contributed by atoms with van der Waals surface area (Å²) in [5.74, 6) is 0.958. The molecule has 2 aromatic heterocycles. The third kappa shape index (κ3) is 5.11. The molecule has 0 N–H and O–H groups in total. The van der Waals surface area contributed by atoms with Crippen LogP contribution in [0.1, 0.15) is 18.2 Å². The van der Waals surface area contributed by atoms with Gasteiger partial charge in [-0.15, -0.1) is 0 Å². The Balaban J connectivity index is 1.27. The van der Waals surface area contributed by atoms with Crippen LogP contribution >= 0.6 is 27.5 Å². The first-order valence-electron chi connectivity index (χ1n) is 8.89. The van der Waals surface area contributed by atoms with E-state index in [4.69, 9.17) is 25.4 Å². The molecule has 0 radical (unpaired) electrons. The molecule has 8 nitrogen and oxygen atoms in total. The van der Waals surface area contributed by atoms with E-state index < -0.39 is 5.97 Å². The molecule has 0 bridgehead atoms. The first-order chi connectivity index (χ1) is 14.6. The highest BCUT2D eigenvalue weighted by Gasteiger charge is 2.14. The third-order valence-corrected chi connectivity index (χ3v) is 4.77. The zero-order chi connectivity index (χ0) is 20.9. The van der Waals surface area contributed by atoms with E-state index in [1.54, 1.807) is 24.3 Å². The highest BCUT2D eigenvalue weighted by atomic mass is 79.9. The van der Waals surface area contributed by atoms with Crippen molar-refractivity contribution in [3.05, 3.63) is 69.8 Å². The topological polar surface area (TPSA) is 104 Å². The van der Waals surface area contributed by atoms with Crippen molar-refractivity contribution in [3.63, 3.8) is 0 Å². The number of hydrogen-bond donors (Lipinski definition) is 0. The minimum absolute atomic E-state index is 0.0783. The first-order valence-corrected chi connectivity index (χ1v) is 10.1. The average Bonchev–Trinajstić information content (AvgIpc) is 3.41. The van der Waals surface area contributed by atoms with Crippen LogP contribution in [-0.4, -0.2) is 26.3 Å². The number of aromatic nitrogens is 4. The maximum absolute atomic E-state index is 12.0. The van der Waals surface area contributed by atoms with Crippen molar-refractivity contribution in [2.24, 2.45) is 0 Å². The molecule has 10 heteroatoms. The number of aryl methyl sites for hydroxylation is 1. The van der Waals surface area contributed by atoms with Gasteiger partial charge in [-0.05, 0) is 36.4 Å². The molecule has 0 aliphatic carbocycles. The summed E-state index contributed by atoms with van der Waals surface area (Å²) in [5.41, 5.74) is 1.56. The van der Waals surface area contributed by atoms with Crippen LogP contribution < -0.4 is 0 Å². The van der Waals surface area contributed by atoms with Crippen molar-refractivity contribution in [1.29, 1.82) is 0 Å². The van der Waals surface area contributed by atoms with Gasteiger partial charge in [0.1, 0.15) is 0 Å². The quantitative estimate of drug-likeness (QED) is 0.338. The Kier molecular flexibility index (Phi) is 6.20. The molecule has 0 fully saturated rings. The Morgan fingerprint density at radius 3 is 2.43 bits per heavy atom. The summed E-state index contributed by atoms with van der Waals surface area (Å²) in [7, 11) is 0. The summed E-state index contributed by atoms with van der Waals surface area (Å²) in [4.78, 5) is 20.5. The molecule has 0 spiro atoms. The van der Waals surface area contributed by atoms with E-state index >= 15 is 0 Å². The van der Waals surface area contributed by atoms with E-state index in [0.29, 0.717) is 22.6 Å². The van der Waals surface area contributed by atoms with Crippen molar-refractivity contribution in [2.45, 2.75) is 19.4 Å². The van der Waals surface area contributed by atoms with Gasteiger partial charge in [0.2, 0.25) is 17.5 Å². The maximum atomic E-state index is 12.0. The predicted octanol–water partition coefficient (Wildman–Crippen LogP) is 4.88. The molecule has 2 heterocycles. The number of benzene rings is 2. The minimum Gasteiger partial charge on any atom is -0.456 e. The van der Waals surface area contributed by atoms with Crippen LogP contribution in [0.15, 0.2) is 62.0 Å². The highest BCUT2D eigenvalue weighted by molar-refractivity contribution is 9.10. The summed E-state index contributed by atoms with van der Waals surface area (Å²) in [5, 5.41) is 8.42. The largest absolute Gasteiger partial charge is 0.456 e. The summed E-state index contributed by atoms with van der Waals surface area (Å²) < 4.78 is 16.4. The number of esters is 1. The van der Waals surface area contributed by atoms with Crippen molar-refractivity contribution in [3.8, 4) is 22.8 Å². The zero-order valence-electron chi connectivity index (χ0n) is 15.4. The second kappa shape index (κ2) is 9.19. The van der Waals surface area contributed by atoms with Gasteiger partial charge >= 0.3 is 5.97 Å². The van der Waals surface area contributed by atoms with Crippen LogP contribution in [0.3, 0.4) is 0 Å². The summed E-state index contributed by atoms with van der Waals surface area (Å²) in [6, 6.07) is 14.5. The Labute approximate surface area is 184 Å². The van der Waals surface area contributed by atoms with Gasteiger partial charge in [-0.2, -0.15) is 9.97 Å². The molecule has 30 heavy (non-hydrogen) atoms. The van der Waals surface area contributed by atoms with Gasteiger partial charge in [-0.1, -0.05) is 50.0 Å². The van der Waals surface area contributed by atoms with Crippen molar-refractivity contribution >= 4 is 33.5 Å². The number of hydrogen-bond acceptors (Lipinski definition) is 8. The Morgan fingerprint density at radius 2 is 1.67 bits per heavy atom. The van der Waals surface area contributed by atoms with Crippen LogP contribution in [0, 0.1) is 0 Å². The van der Waals surface area contributed by atoms with Crippen molar-refractivity contribution < 1.29 is 18.6 Å². The molecule has 0 amide bonds. The predicted molar refractivity (Wildman–Crippen MR) is 110 cm³/mol. The van der Waals surface area contributed by atoms with Crippen molar-refractivity contribution in [2.75, 3.05) is 0 Å². The number of carbonyl (C=O) groups excluding carboxylic acids is 1. The van der Waals surface area contributed by atoms with Gasteiger partial charge in [-0.25, -0.2) is 0 Å². The molecule has 4 aromatic rings. The van der Waals surface area contributed by atoms with Crippen molar-refractivity contribution in [1.82, 2.24) is 20.3 Å². The fourth-order valence-electron chi connectivity index (χ4n) is 2.55. The average molecular weight is 490 g/mol. The van der Waals surface area contributed by atoms with Crippen LogP contribution in [0.2, 0.25) is 5.02 Å². The highest BCUT2D eigenvalue weighted by Crippen LogP contribution is 2.21. The lowest BCUT2D eigenvalue weighted by atomic mass is 10.2. The monoisotopic (exact) mass is 488 g/mol. The third-order valence-electron chi connectivity index (χ3n) is 4.02. The lowest BCUT2D eigenvalue weighted by Crippen LogP contribution is -2.06. The molecule has 4 rings (SSSR count). The minimum atomic E-state index is -0.441. The molecule has 0 atom stereocenters. The summed E-state index contributed by atoms with van der Waals surface area (Å²) >= 11 is 9.26. The standard InChI is InChI=1S/C20H14BrClN4O4/c21-14-3-1-2-13(10-14)20-24-17(30-26-20)11-28-18(27)9-8-16-23-19(25-29-16)12-4-6-15(22)7-5-12/h1-7,10H,8-9,11H2. The van der Waals surface area contributed by atoms with E-state index in [1.807, 2.05) is 24.3 Å². The first kappa shape index (κ1) is 20.2. The lowest BCUT2D eigenvalue weighted by molar-refractivity contribution is -0.145. The molecule has 0 aliphatic rings. The summed E-state index contributed by atoms with van der Waals surface area (Å²) in [6.45, 7) is -0.111. The Hall–Kier alpha value is -3.04. The number of rotatable bonds is 7. The molecular weight excluding hydrogens is 476 g/mol. The fourth-order valence-corrected chi connectivity index (χ4v) is 3.08. The fraction of sp³-hybridized carbons (Fsp3) is 0.150. The molecule has 0 saturated heterocycles. The Bertz CT molecular complexity index is 1160. The molecule has 0 saturated carbocycles. The SMILES string of the molecule is O=C(CCc1nc(-c2ccc(Cl)cc2)no1)OCc1nc(-c2cccc(Br)c2)no1. The maximum Gasteiger partial charge on any atom is 0.306 e. The number of nitrogens with zero attached hydrogens (tertiary/aromatic N) is 4. The van der Waals surface area contributed by atoms with Gasteiger partial charge in [0, 0.05) is 27.0 Å². The van der Waals surface area contributed by atoms with Gasteiger partial charge in [0.15, 0.2) is 6.61 Å². The number of carbonyl (C=O) groups is 1. The second-order valence-corrected chi connectivity index (χ2v) is 7.55. The van der Waals surface area contributed by atoms with Crippen LogP contribution in [0.5, 0.6) is 0 Å². The van der Waals surface area contributed by atoms with E-state index in [-0.39, 0.29) is 25.3 Å². The molecule has 152 valence electrons. The van der Waals surface area contributed by atoms with Crippen LogP contribution in [0.4, 0.5) is 0 Å². The Morgan fingerprint density at radius 1 is 0.967 bits per heavy atom. The number of halogens is 2. The molecular formula is C20H14BrClN4O4. The smallest absolute Gasteiger partial charge is 0.306 e. The lowest BCUT2D eigenvalue weighted by Gasteiger charge is -1.99. The molecule has 0 unspecified atom stereocenters. The molecule has 2 aromatic carbocycles. The van der Waals surface area contributed by atoms with E-state index in [0.717, 1.165) is 15.6 Å². The van der Waals surface area contributed by atoms with Gasteiger partial charge in [0.25, 0.3) is 5.89 Å². The van der Waals surface area contributed by atoms with Gasteiger partial charge in [-0.3, -0.25) is 4.79 Å². The zero-order valence-corrected chi connectivity index (χ0v) is 17.8. The van der Waals surface area contributed by atoms with E-state index in [9.17, 15) is 4.79 Å². The second-order valence-electron chi connectivity index (χ2n) is 6.20.